The van der Waals surface area contributed by atoms with Crippen molar-refractivity contribution in [3.8, 4) is 5.75 Å². The van der Waals surface area contributed by atoms with Gasteiger partial charge in [0, 0.05) is 11.8 Å². The Morgan fingerprint density at radius 3 is 2.32 bits per heavy atom. The van der Waals surface area contributed by atoms with Crippen molar-refractivity contribution in [2.24, 2.45) is 10.8 Å². The third-order valence-electron chi connectivity index (χ3n) is 6.30. The Morgan fingerprint density at radius 1 is 1.13 bits per heavy atom. The molecule has 1 aliphatic heterocycles. The quantitative estimate of drug-likeness (QED) is 0.118. The number of anilines is 2. The third kappa shape index (κ3) is 10.0. The van der Waals surface area contributed by atoms with Gasteiger partial charge in [-0.15, -0.1) is 0 Å². The zero-order valence-corrected chi connectivity index (χ0v) is 27.0. The number of aromatic hydroxyl groups is 1. The predicted octanol–water partition coefficient (Wildman–Crippen LogP) is 1.04. The lowest BCUT2D eigenvalue weighted by molar-refractivity contribution is -0.155. The van der Waals surface area contributed by atoms with Crippen LogP contribution in [-0.2, 0) is 23.9 Å². The molecule has 0 fully saturated rings. The molecule has 2 aromatic rings. The number of urea groups is 1. The highest BCUT2D eigenvalue weighted by molar-refractivity contribution is 6.37. The topological polar surface area (TPSA) is 233 Å². The van der Waals surface area contributed by atoms with E-state index in [0.29, 0.717) is 0 Å². The van der Waals surface area contributed by atoms with Gasteiger partial charge in [0.2, 0.25) is 5.91 Å². The molecule has 6 amide bonds. The highest BCUT2D eigenvalue weighted by atomic mass is 35.5. The fraction of sp³-hybridized carbons (Fsp3) is 0.345. The molecule has 0 bridgehead atoms. The van der Waals surface area contributed by atoms with Gasteiger partial charge in [0.05, 0.1) is 40.4 Å². The number of halogens is 2. The van der Waals surface area contributed by atoms with E-state index in [1.54, 1.807) is 32.9 Å². The average molecular weight is 695 g/mol. The molecule has 0 aromatic heterocycles. The number of nitrogens with one attached hydrogen (secondary N) is 3. The Morgan fingerprint density at radius 2 is 1.74 bits per heavy atom. The summed E-state index contributed by atoms with van der Waals surface area (Å²) in [6.07, 6.45) is 0.635. The van der Waals surface area contributed by atoms with Gasteiger partial charge in [-0.25, -0.2) is 10.2 Å². The number of nitrogens with two attached hydrogens (primary N) is 1. The molecule has 3 rings (SSSR count). The molecule has 18 heteroatoms. The average Bonchev–Trinajstić information content (AvgIpc) is 3.08. The maximum atomic E-state index is 14.0. The maximum Gasteiger partial charge on any atom is 0.332 e. The summed E-state index contributed by atoms with van der Waals surface area (Å²) in [5.74, 6) is -4.45. The molecule has 16 nitrogen and oxygen atoms in total. The number of fused-ring (bicyclic) bond motifs is 1. The molecule has 2 aromatic carbocycles. The summed E-state index contributed by atoms with van der Waals surface area (Å²) in [7, 11) is 0. The number of hydrogen-bond donors (Lipinski definition) is 6. The van der Waals surface area contributed by atoms with Crippen LogP contribution >= 0.6 is 23.2 Å². The van der Waals surface area contributed by atoms with Crippen LogP contribution in [0.5, 0.6) is 5.75 Å². The second-order valence-corrected chi connectivity index (χ2v) is 11.9. The summed E-state index contributed by atoms with van der Waals surface area (Å²) in [6, 6.07) is 4.70. The highest BCUT2D eigenvalue weighted by Crippen LogP contribution is 2.34. The Labute approximate surface area is 278 Å². The number of aliphatic hydroxyl groups excluding tert-OH is 1. The Kier molecular flexibility index (Phi) is 12.1. The van der Waals surface area contributed by atoms with Crippen molar-refractivity contribution >= 4 is 76.4 Å². The first-order chi connectivity index (χ1) is 22.0. The summed E-state index contributed by atoms with van der Waals surface area (Å²) >= 11 is 11.9. The number of ether oxygens (including phenoxy) is 1. The lowest BCUT2D eigenvalue weighted by Gasteiger charge is -2.26. The smallest absolute Gasteiger partial charge is 0.332 e. The zero-order chi connectivity index (χ0) is 35.1. The van der Waals surface area contributed by atoms with E-state index < -0.39 is 85.2 Å². The van der Waals surface area contributed by atoms with Crippen molar-refractivity contribution in [1.29, 1.82) is 0 Å². The summed E-state index contributed by atoms with van der Waals surface area (Å²) in [5, 5.41) is 27.7. The number of carbonyl (C=O) groups is 6. The number of phenols is 1. The summed E-state index contributed by atoms with van der Waals surface area (Å²) in [5.41, 5.74) is 6.27. The lowest BCUT2D eigenvalue weighted by atomic mass is 10.1. The lowest BCUT2D eigenvalue weighted by Crippen LogP contribution is -2.55. The van der Waals surface area contributed by atoms with Crippen molar-refractivity contribution in [2.45, 2.75) is 44.9 Å². The molecule has 252 valence electrons. The molecule has 7 N–H and O–H groups in total. The van der Waals surface area contributed by atoms with E-state index in [2.05, 4.69) is 15.7 Å². The SMILES string of the molecule is CC(C)(C)OC(=O)C[C@@H](C=NNC(N)=O)NC(=O)CN1C(=O)[C@@H](NC(=O)c2cc(Cl)c(O)c(Cl)c2)CN(C(=O)CO)c2ccccc21. The van der Waals surface area contributed by atoms with Gasteiger partial charge in [0.15, 0.2) is 5.75 Å². The van der Waals surface area contributed by atoms with Gasteiger partial charge in [-0.05, 0) is 45.0 Å². The van der Waals surface area contributed by atoms with Crippen molar-refractivity contribution < 1.29 is 43.7 Å². The van der Waals surface area contributed by atoms with E-state index in [1.807, 2.05) is 5.43 Å². The van der Waals surface area contributed by atoms with Crippen LogP contribution in [0.3, 0.4) is 0 Å². The van der Waals surface area contributed by atoms with Gasteiger partial charge in [-0.3, -0.25) is 28.9 Å². The van der Waals surface area contributed by atoms with Crippen LogP contribution in [-0.4, -0.2) is 89.4 Å². The normalized spacial score (nSPS) is 15.4. The van der Waals surface area contributed by atoms with E-state index in [9.17, 15) is 39.0 Å². The molecule has 1 heterocycles. The summed E-state index contributed by atoms with van der Waals surface area (Å²) in [6.45, 7) is 2.89. The Balaban J connectivity index is 1.96. The summed E-state index contributed by atoms with van der Waals surface area (Å²) in [4.78, 5) is 79.1. The van der Waals surface area contributed by atoms with E-state index >= 15 is 0 Å². The minimum absolute atomic E-state index is 0.0923. The van der Waals surface area contributed by atoms with Gasteiger partial charge in [0.25, 0.3) is 17.7 Å². The number of primary amides is 1. The number of hydrogen-bond acceptors (Lipinski definition) is 10. The number of para-hydroxylation sites is 2. The van der Waals surface area contributed by atoms with Crippen LogP contribution in [0.25, 0.3) is 0 Å². The molecular weight excluding hydrogens is 661 g/mol. The van der Waals surface area contributed by atoms with Gasteiger partial charge >= 0.3 is 12.0 Å². The van der Waals surface area contributed by atoms with Gasteiger partial charge in [-0.1, -0.05) is 35.3 Å². The molecule has 2 atom stereocenters. The van der Waals surface area contributed by atoms with Crippen LogP contribution in [0.15, 0.2) is 41.5 Å². The van der Waals surface area contributed by atoms with Crippen molar-refractivity contribution in [1.82, 2.24) is 16.1 Å². The molecular formula is C29H33Cl2N7O9. The van der Waals surface area contributed by atoms with Crippen LogP contribution in [0, 0.1) is 0 Å². The van der Waals surface area contributed by atoms with Gasteiger partial charge in [0.1, 0.15) is 24.8 Å². The standard InChI is InChI=1S/C29H33Cl2N7O9/c1-29(2,3)47-24(42)10-16(11-33-36-28(32)46)34-22(40)13-38-21-7-5-4-6-20(21)37(23(41)14-39)12-19(27(38)45)35-26(44)15-8-17(30)25(43)18(31)9-15/h4-9,11,16,19,39,43H,10,12-14H2,1-3H3,(H,34,40)(H,35,44)(H3,32,36,46)/t16-,19-/m0/s1. The second-order valence-electron chi connectivity index (χ2n) is 11.1. The van der Waals surface area contributed by atoms with E-state index in [0.717, 1.165) is 28.1 Å². The number of amides is 6. The zero-order valence-electron chi connectivity index (χ0n) is 25.5. The second kappa shape index (κ2) is 15.6. The first-order valence-electron chi connectivity index (χ1n) is 13.9. The highest BCUT2D eigenvalue weighted by Gasteiger charge is 2.38. The third-order valence-corrected chi connectivity index (χ3v) is 6.87. The fourth-order valence-electron chi connectivity index (χ4n) is 4.41. The molecule has 0 unspecified atom stereocenters. The molecule has 47 heavy (non-hydrogen) atoms. The summed E-state index contributed by atoms with van der Waals surface area (Å²) < 4.78 is 5.30. The van der Waals surface area contributed by atoms with Crippen molar-refractivity contribution in [3.63, 3.8) is 0 Å². The minimum Gasteiger partial charge on any atom is -0.505 e. The van der Waals surface area contributed by atoms with Crippen molar-refractivity contribution in [2.75, 3.05) is 29.5 Å². The number of rotatable bonds is 10. The number of esters is 1. The molecule has 1 aliphatic rings. The number of hydrazone groups is 1. The molecule has 0 saturated carbocycles. The number of aliphatic hydroxyl groups is 1. The van der Waals surface area contributed by atoms with Crippen LogP contribution in [0.2, 0.25) is 10.0 Å². The molecule has 0 spiro atoms. The fourth-order valence-corrected chi connectivity index (χ4v) is 4.89. The van der Waals surface area contributed by atoms with Gasteiger partial charge in [-0.2, -0.15) is 5.10 Å². The predicted molar refractivity (Wildman–Crippen MR) is 171 cm³/mol. The van der Waals surface area contributed by atoms with Crippen LogP contribution in [0.1, 0.15) is 37.6 Å². The van der Waals surface area contributed by atoms with E-state index in [4.69, 9.17) is 33.7 Å². The Bertz CT molecular complexity index is 1570. The number of phenolic OH excluding ortho intramolecular Hbond substituents is 1. The van der Waals surface area contributed by atoms with Crippen molar-refractivity contribution in [3.05, 3.63) is 52.0 Å². The maximum absolute atomic E-state index is 14.0. The van der Waals surface area contributed by atoms with Crippen LogP contribution < -0.4 is 31.6 Å². The number of benzene rings is 2. The molecule has 0 aliphatic carbocycles. The van der Waals surface area contributed by atoms with E-state index in [1.165, 1.54) is 12.1 Å². The first kappa shape index (κ1) is 36.5. The van der Waals surface area contributed by atoms with Crippen LogP contribution in [0.4, 0.5) is 16.2 Å². The first-order valence-corrected chi connectivity index (χ1v) is 14.7. The number of nitrogens with zero attached hydrogens (tertiary/aromatic N) is 3. The molecule has 0 saturated heterocycles. The Hall–Kier alpha value is -4.93. The number of carbonyl (C=O) groups excluding carboxylic acids is 6. The molecule has 0 radical (unpaired) electrons. The van der Waals surface area contributed by atoms with Gasteiger partial charge < -0.3 is 36.2 Å². The minimum atomic E-state index is -1.47. The van der Waals surface area contributed by atoms with E-state index in [-0.39, 0.29) is 27.0 Å². The largest absolute Gasteiger partial charge is 0.505 e. The monoisotopic (exact) mass is 693 g/mol.